The zero-order valence-electron chi connectivity index (χ0n) is 13.0. The van der Waals surface area contributed by atoms with Gasteiger partial charge in [-0.25, -0.2) is 0 Å². The SMILES string of the molecule is Cc1cccc(CN2CCN(c3nnc(C4CC4)s3)CC2)c1. The van der Waals surface area contributed by atoms with Gasteiger partial charge in [0.05, 0.1) is 0 Å². The zero-order chi connectivity index (χ0) is 14.9. The second-order valence-corrected chi connectivity index (χ2v) is 7.44. The molecule has 0 radical (unpaired) electrons. The summed E-state index contributed by atoms with van der Waals surface area (Å²) in [6.07, 6.45) is 2.61. The number of hydrogen-bond donors (Lipinski definition) is 0. The molecule has 22 heavy (non-hydrogen) atoms. The summed E-state index contributed by atoms with van der Waals surface area (Å²) >= 11 is 1.80. The molecule has 1 aliphatic carbocycles. The number of anilines is 1. The van der Waals surface area contributed by atoms with Crippen LogP contribution in [0.1, 0.15) is 34.9 Å². The molecular weight excluding hydrogens is 292 g/mol. The first kappa shape index (κ1) is 14.2. The van der Waals surface area contributed by atoms with E-state index in [1.165, 1.54) is 29.0 Å². The van der Waals surface area contributed by atoms with Crippen LogP contribution in [0.3, 0.4) is 0 Å². The van der Waals surface area contributed by atoms with Crippen molar-refractivity contribution in [1.29, 1.82) is 0 Å². The summed E-state index contributed by atoms with van der Waals surface area (Å²) in [4.78, 5) is 4.93. The molecule has 0 amide bonds. The number of benzene rings is 1. The average Bonchev–Trinajstić information content (AvgIpc) is 3.26. The van der Waals surface area contributed by atoms with Gasteiger partial charge in [-0.2, -0.15) is 0 Å². The van der Waals surface area contributed by atoms with Crippen LogP contribution >= 0.6 is 11.3 Å². The molecule has 4 nitrogen and oxygen atoms in total. The fourth-order valence-electron chi connectivity index (χ4n) is 3.02. The standard InChI is InChI=1S/C17H22N4S/c1-13-3-2-4-14(11-13)12-20-7-9-21(10-8-20)17-19-18-16(22-17)15-5-6-15/h2-4,11,15H,5-10,12H2,1H3. The molecule has 4 rings (SSSR count). The topological polar surface area (TPSA) is 32.3 Å². The van der Waals surface area contributed by atoms with Crippen LogP contribution in [0.4, 0.5) is 5.13 Å². The van der Waals surface area contributed by atoms with Crippen molar-refractivity contribution in [2.75, 3.05) is 31.1 Å². The Bertz CT molecular complexity index is 642. The number of nitrogens with zero attached hydrogens (tertiary/aromatic N) is 4. The number of rotatable bonds is 4. The van der Waals surface area contributed by atoms with E-state index in [-0.39, 0.29) is 0 Å². The first-order valence-corrected chi connectivity index (χ1v) is 8.96. The van der Waals surface area contributed by atoms with Gasteiger partial charge in [-0.3, -0.25) is 4.90 Å². The summed E-state index contributed by atoms with van der Waals surface area (Å²) in [5, 5.41) is 11.1. The largest absolute Gasteiger partial charge is 0.344 e. The molecule has 116 valence electrons. The van der Waals surface area contributed by atoms with Crippen LogP contribution in [0.25, 0.3) is 0 Å². The van der Waals surface area contributed by atoms with E-state index in [2.05, 4.69) is 51.2 Å². The van der Waals surface area contributed by atoms with Crippen molar-refractivity contribution in [3.05, 3.63) is 40.4 Å². The van der Waals surface area contributed by atoms with Crippen LogP contribution in [-0.4, -0.2) is 41.3 Å². The maximum absolute atomic E-state index is 4.40. The van der Waals surface area contributed by atoms with Crippen LogP contribution < -0.4 is 4.90 Å². The Kier molecular flexibility index (Phi) is 3.84. The molecule has 0 bridgehead atoms. The van der Waals surface area contributed by atoms with Gasteiger partial charge in [0.25, 0.3) is 0 Å². The predicted molar refractivity (Wildman–Crippen MR) is 90.6 cm³/mol. The number of aryl methyl sites for hydroxylation is 1. The van der Waals surface area contributed by atoms with Crippen LogP contribution in [0.2, 0.25) is 0 Å². The summed E-state index contributed by atoms with van der Waals surface area (Å²) in [6.45, 7) is 7.54. The minimum atomic E-state index is 0.717. The Labute approximate surface area is 135 Å². The van der Waals surface area contributed by atoms with Crippen molar-refractivity contribution < 1.29 is 0 Å². The molecule has 0 spiro atoms. The molecule has 2 aromatic rings. The lowest BCUT2D eigenvalue weighted by atomic mass is 10.1. The third-order valence-electron chi connectivity index (χ3n) is 4.49. The van der Waals surface area contributed by atoms with Gasteiger partial charge in [0.1, 0.15) is 5.01 Å². The van der Waals surface area contributed by atoms with Crippen LogP contribution in [0.15, 0.2) is 24.3 Å². The van der Waals surface area contributed by atoms with E-state index < -0.39 is 0 Å². The van der Waals surface area contributed by atoms with E-state index in [9.17, 15) is 0 Å². The number of hydrogen-bond acceptors (Lipinski definition) is 5. The monoisotopic (exact) mass is 314 g/mol. The summed E-state index contributed by atoms with van der Waals surface area (Å²) in [6, 6.07) is 8.83. The Morgan fingerprint density at radius 3 is 2.68 bits per heavy atom. The number of piperazine rings is 1. The highest BCUT2D eigenvalue weighted by Crippen LogP contribution is 2.42. The third-order valence-corrected chi connectivity index (χ3v) is 5.63. The molecule has 2 fully saturated rings. The van der Waals surface area contributed by atoms with Crippen molar-refractivity contribution in [2.24, 2.45) is 0 Å². The van der Waals surface area contributed by atoms with Crippen LogP contribution in [0.5, 0.6) is 0 Å². The zero-order valence-corrected chi connectivity index (χ0v) is 13.9. The summed E-state index contributed by atoms with van der Waals surface area (Å²) in [5.74, 6) is 0.717. The minimum absolute atomic E-state index is 0.717. The van der Waals surface area contributed by atoms with Gasteiger partial charge < -0.3 is 4.90 Å². The summed E-state index contributed by atoms with van der Waals surface area (Å²) in [7, 11) is 0. The second kappa shape index (κ2) is 5.97. The molecule has 0 atom stereocenters. The highest BCUT2D eigenvalue weighted by atomic mass is 32.1. The van der Waals surface area contributed by atoms with Crippen molar-refractivity contribution in [3.8, 4) is 0 Å². The van der Waals surface area contributed by atoms with Gasteiger partial charge in [-0.15, -0.1) is 10.2 Å². The maximum atomic E-state index is 4.40. The molecule has 2 heterocycles. The number of aromatic nitrogens is 2. The quantitative estimate of drug-likeness (QED) is 0.868. The summed E-state index contributed by atoms with van der Waals surface area (Å²) < 4.78 is 0. The Balaban J connectivity index is 1.33. The van der Waals surface area contributed by atoms with Crippen molar-refractivity contribution in [2.45, 2.75) is 32.2 Å². The van der Waals surface area contributed by atoms with E-state index in [4.69, 9.17) is 0 Å². The summed E-state index contributed by atoms with van der Waals surface area (Å²) in [5.41, 5.74) is 2.76. The predicted octanol–water partition coefficient (Wildman–Crippen LogP) is 3.05. The Hall–Kier alpha value is -1.46. The van der Waals surface area contributed by atoms with E-state index in [0.717, 1.165) is 37.9 Å². The second-order valence-electron chi connectivity index (χ2n) is 6.45. The Morgan fingerprint density at radius 2 is 1.95 bits per heavy atom. The molecule has 1 saturated carbocycles. The van der Waals surface area contributed by atoms with Crippen LogP contribution in [0, 0.1) is 6.92 Å². The van der Waals surface area contributed by atoms with E-state index in [0.29, 0.717) is 5.92 Å². The van der Waals surface area contributed by atoms with Gasteiger partial charge >= 0.3 is 0 Å². The maximum Gasteiger partial charge on any atom is 0.208 e. The first-order valence-electron chi connectivity index (χ1n) is 8.14. The first-order chi connectivity index (χ1) is 10.8. The lowest BCUT2D eigenvalue weighted by Gasteiger charge is -2.34. The van der Waals surface area contributed by atoms with E-state index >= 15 is 0 Å². The highest BCUT2D eigenvalue weighted by Gasteiger charge is 2.29. The van der Waals surface area contributed by atoms with Crippen molar-refractivity contribution >= 4 is 16.5 Å². The van der Waals surface area contributed by atoms with Gasteiger partial charge in [0, 0.05) is 38.6 Å². The lowest BCUT2D eigenvalue weighted by molar-refractivity contribution is 0.249. The molecule has 5 heteroatoms. The molecule has 1 saturated heterocycles. The fraction of sp³-hybridized carbons (Fsp3) is 0.529. The molecule has 1 aromatic carbocycles. The van der Waals surface area contributed by atoms with Crippen molar-refractivity contribution in [3.63, 3.8) is 0 Å². The van der Waals surface area contributed by atoms with Crippen molar-refractivity contribution in [1.82, 2.24) is 15.1 Å². The van der Waals surface area contributed by atoms with E-state index in [1.807, 2.05) is 0 Å². The normalized spacial score (nSPS) is 19.6. The molecule has 0 unspecified atom stereocenters. The molecule has 0 N–H and O–H groups in total. The molecular formula is C17H22N4S. The molecule has 1 aliphatic heterocycles. The third kappa shape index (κ3) is 3.15. The van der Waals surface area contributed by atoms with E-state index in [1.54, 1.807) is 11.3 Å². The smallest absolute Gasteiger partial charge is 0.208 e. The van der Waals surface area contributed by atoms with Gasteiger partial charge in [0.15, 0.2) is 0 Å². The minimum Gasteiger partial charge on any atom is -0.344 e. The van der Waals surface area contributed by atoms with Gasteiger partial charge in [0.2, 0.25) is 5.13 Å². The van der Waals surface area contributed by atoms with Crippen LogP contribution in [-0.2, 0) is 6.54 Å². The van der Waals surface area contributed by atoms with Gasteiger partial charge in [-0.1, -0.05) is 41.2 Å². The van der Waals surface area contributed by atoms with Gasteiger partial charge in [-0.05, 0) is 25.3 Å². The Morgan fingerprint density at radius 1 is 1.14 bits per heavy atom. The fourth-order valence-corrected chi connectivity index (χ4v) is 4.08. The average molecular weight is 314 g/mol. The molecule has 1 aromatic heterocycles. The highest BCUT2D eigenvalue weighted by molar-refractivity contribution is 7.15. The lowest BCUT2D eigenvalue weighted by Crippen LogP contribution is -2.45. The molecule has 2 aliphatic rings.